The highest BCUT2D eigenvalue weighted by Gasteiger charge is 2.40. The maximum Gasteiger partial charge on any atom is 0.224 e. The molecule has 1 aromatic carbocycles. The van der Waals surface area contributed by atoms with Gasteiger partial charge in [0.15, 0.2) is 5.79 Å². The Hall–Kier alpha value is -2.38. The summed E-state index contributed by atoms with van der Waals surface area (Å²) in [7, 11) is 1.67. The van der Waals surface area contributed by atoms with Crippen LogP contribution in [0.2, 0.25) is 0 Å². The molecule has 0 bridgehead atoms. The lowest BCUT2D eigenvalue weighted by Crippen LogP contribution is -2.45. The van der Waals surface area contributed by atoms with Gasteiger partial charge in [0.25, 0.3) is 0 Å². The fraction of sp³-hybridized carbons (Fsp3) is 0.474. The van der Waals surface area contributed by atoms with E-state index in [9.17, 15) is 0 Å². The minimum atomic E-state index is -0.362. The molecule has 26 heavy (non-hydrogen) atoms. The van der Waals surface area contributed by atoms with Crippen LogP contribution in [0.15, 0.2) is 36.5 Å². The van der Waals surface area contributed by atoms with Gasteiger partial charge in [-0.1, -0.05) is 12.1 Å². The van der Waals surface area contributed by atoms with E-state index in [1.165, 1.54) is 0 Å². The minimum absolute atomic E-state index is 0.362. The van der Waals surface area contributed by atoms with Gasteiger partial charge in [0.05, 0.1) is 20.3 Å². The Balaban J connectivity index is 1.35. The highest BCUT2D eigenvalue weighted by atomic mass is 16.7. The molecule has 0 radical (unpaired) electrons. The number of hydrogen-bond acceptors (Lipinski definition) is 7. The summed E-state index contributed by atoms with van der Waals surface area (Å²) in [5, 5.41) is 3.29. The first-order valence-electron chi connectivity index (χ1n) is 8.99. The van der Waals surface area contributed by atoms with Crippen LogP contribution in [0.4, 0.5) is 11.8 Å². The van der Waals surface area contributed by atoms with Crippen molar-refractivity contribution >= 4 is 11.8 Å². The van der Waals surface area contributed by atoms with E-state index in [1.807, 2.05) is 30.3 Å². The summed E-state index contributed by atoms with van der Waals surface area (Å²) in [4.78, 5) is 11.2. The lowest BCUT2D eigenvalue weighted by molar-refractivity contribution is -0.169. The van der Waals surface area contributed by atoms with E-state index in [1.54, 1.807) is 13.3 Å². The molecule has 2 aliphatic rings. The lowest BCUT2D eigenvalue weighted by Gasteiger charge is -2.38. The summed E-state index contributed by atoms with van der Waals surface area (Å²) in [5.74, 6) is 2.06. The largest absolute Gasteiger partial charge is 0.497 e. The highest BCUT2D eigenvalue weighted by Crippen LogP contribution is 2.32. The third-order valence-corrected chi connectivity index (χ3v) is 4.91. The van der Waals surface area contributed by atoms with Gasteiger partial charge in [-0.25, -0.2) is 4.98 Å². The molecule has 138 valence electrons. The molecule has 2 saturated heterocycles. The van der Waals surface area contributed by atoms with Gasteiger partial charge in [-0.3, -0.25) is 0 Å². The zero-order valence-corrected chi connectivity index (χ0v) is 15.0. The van der Waals surface area contributed by atoms with Crippen molar-refractivity contribution in [1.29, 1.82) is 0 Å². The maximum atomic E-state index is 5.79. The van der Waals surface area contributed by atoms with Gasteiger partial charge in [0.2, 0.25) is 5.95 Å². The Labute approximate surface area is 153 Å². The topological polar surface area (TPSA) is 68.7 Å². The molecule has 7 heteroatoms. The predicted octanol–water partition coefficient (Wildman–Crippen LogP) is 2.44. The Morgan fingerprint density at radius 3 is 2.54 bits per heavy atom. The van der Waals surface area contributed by atoms with E-state index < -0.39 is 0 Å². The van der Waals surface area contributed by atoms with Crippen LogP contribution in [0.3, 0.4) is 0 Å². The third-order valence-electron chi connectivity index (χ3n) is 4.91. The van der Waals surface area contributed by atoms with Crippen LogP contribution in [-0.2, 0) is 16.0 Å². The molecule has 0 atom stereocenters. The van der Waals surface area contributed by atoms with Crippen molar-refractivity contribution < 1.29 is 14.2 Å². The first-order valence-corrected chi connectivity index (χ1v) is 8.99. The second-order valence-corrected chi connectivity index (χ2v) is 6.53. The van der Waals surface area contributed by atoms with Gasteiger partial charge >= 0.3 is 0 Å². The first-order chi connectivity index (χ1) is 12.8. The summed E-state index contributed by atoms with van der Waals surface area (Å²) in [5.41, 5.74) is 1.15. The van der Waals surface area contributed by atoms with Crippen molar-refractivity contribution in [2.75, 3.05) is 43.6 Å². The molecular formula is C19H24N4O3. The molecule has 4 rings (SSSR count). The summed E-state index contributed by atoms with van der Waals surface area (Å²) in [6.07, 6.45) is 3.53. The van der Waals surface area contributed by atoms with Gasteiger partial charge in [0.1, 0.15) is 11.6 Å². The molecule has 1 aromatic heterocycles. The van der Waals surface area contributed by atoms with Gasteiger partial charge < -0.3 is 24.4 Å². The first kappa shape index (κ1) is 17.1. The Bertz CT molecular complexity index is 722. The average molecular weight is 356 g/mol. The second kappa shape index (κ2) is 7.47. The van der Waals surface area contributed by atoms with Crippen molar-refractivity contribution in [3.05, 3.63) is 42.1 Å². The van der Waals surface area contributed by atoms with Gasteiger partial charge in [0, 0.05) is 38.7 Å². The number of piperidine rings is 1. The Kier molecular flexibility index (Phi) is 4.90. The third kappa shape index (κ3) is 3.73. The van der Waals surface area contributed by atoms with Crippen LogP contribution < -0.4 is 15.0 Å². The SMILES string of the molecule is COc1ccc(CNc2nccc(N3CCC4(CC3)OCCO4)n2)cc1. The number of anilines is 2. The van der Waals surface area contributed by atoms with Gasteiger partial charge in [-0.05, 0) is 23.8 Å². The Morgan fingerprint density at radius 2 is 1.85 bits per heavy atom. The van der Waals surface area contributed by atoms with Crippen molar-refractivity contribution in [3.63, 3.8) is 0 Å². The van der Waals surface area contributed by atoms with E-state index in [4.69, 9.17) is 14.2 Å². The summed E-state index contributed by atoms with van der Waals surface area (Å²) < 4.78 is 16.8. The normalized spacial score (nSPS) is 18.9. The van der Waals surface area contributed by atoms with E-state index in [-0.39, 0.29) is 5.79 Å². The van der Waals surface area contributed by atoms with E-state index in [0.29, 0.717) is 25.7 Å². The van der Waals surface area contributed by atoms with Crippen molar-refractivity contribution in [1.82, 2.24) is 9.97 Å². The maximum absolute atomic E-state index is 5.79. The number of hydrogen-bond donors (Lipinski definition) is 1. The molecular weight excluding hydrogens is 332 g/mol. The summed E-state index contributed by atoms with van der Waals surface area (Å²) >= 11 is 0. The van der Waals surface area contributed by atoms with Crippen molar-refractivity contribution in [2.45, 2.75) is 25.2 Å². The van der Waals surface area contributed by atoms with E-state index in [2.05, 4.69) is 20.2 Å². The highest BCUT2D eigenvalue weighted by molar-refractivity contribution is 5.43. The Morgan fingerprint density at radius 1 is 1.12 bits per heavy atom. The summed E-state index contributed by atoms with van der Waals surface area (Å²) in [6, 6.07) is 9.91. The number of methoxy groups -OCH3 is 1. The molecule has 3 heterocycles. The number of aromatic nitrogens is 2. The predicted molar refractivity (Wildman–Crippen MR) is 98.4 cm³/mol. The average Bonchev–Trinajstić information content (AvgIpc) is 3.15. The van der Waals surface area contributed by atoms with Crippen LogP contribution in [0.25, 0.3) is 0 Å². The fourth-order valence-corrected chi connectivity index (χ4v) is 3.40. The quantitative estimate of drug-likeness (QED) is 0.882. The zero-order chi connectivity index (χ0) is 17.8. The zero-order valence-electron chi connectivity index (χ0n) is 15.0. The van der Waals surface area contributed by atoms with Crippen molar-refractivity contribution in [3.8, 4) is 5.75 Å². The molecule has 2 aliphatic heterocycles. The molecule has 1 spiro atoms. The van der Waals surface area contributed by atoms with E-state index in [0.717, 1.165) is 43.1 Å². The fourth-order valence-electron chi connectivity index (χ4n) is 3.40. The monoisotopic (exact) mass is 356 g/mol. The van der Waals surface area contributed by atoms with Gasteiger partial charge in [-0.15, -0.1) is 0 Å². The molecule has 1 N–H and O–H groups in total. The smallest absolute Gasteiger partial charge is 0.224 e. The number of benzene rings is 1. The van der Waals surface area contributed by atoms with Crippen LogP contribution >= 0.6 is 0 Å². The van der Waals surface area contributed by atoms with Crippen LogP contribution in [0, 0.1) is 0 Å². The second-order valence-electron chi connectivity index (χ2n) is 6.53. The van der Waals surface area contributed by atoms with Crippen molar-refractivity contribution in [2.24, 2.45) is 0 Å². The summed E-state index contributed by atoms with van der Waals surface area (Å²) in [6.45, 7) is 3.81. The molecule has 2 fully saturated rings. The number of rotatable bonds is 5. The van der Waals surface area contributed by atoms with Crippen LogP contribution in [0.1, 0.15) is 18.4 Å². The number of nitrogens with zero attached hydrogens (tertiary/aromatic N) is 3. The van der Waals surface area contributed by atoms with Crippen LogP contribution in [0.5, 0.6) is 5.75 Å². The molecule has 0 amide bonds. The minimum Gasteiger partial charge on any atom is -0.497 e. The number of nitrogens with one attached hydrogen (secondary N) is 1. The molecule has 0 aliphatic carbocycles. The molecule has 0 unspecified atom stereocenters. The molecule has 7 nitrogen and oxygen atoms in total. The van der Waals surface area contributed by atoms with E-state index >= 15 is 0 Å². The number of ether oxygens (including phenoxy) is 3. The lowest BCUT2D eigenvalue weighted by atomic mass is 10.0. The molecule has 0 saturated carbocycles. The van der Waals surface area contributed by atoms with Crippen LogP contribution in [-0.4, -0.2) is 49.2 Å². The van der Waals surface area contributed by atoms with Gasteiger partial charge in [-0.2, -0.15) is 4.98 Å². The standard InChI is InChI=1S/C19H24N4O3/c1-24-16-4-2-15(3-5-16)14-21-18-20-9-6-17(22-18)23-10-7-19(8-11-23)25-12-13-26-19/h2-6,9H,7-8,10-14H2,1H3,(H,20,21,22). The molecule has 2 aromatic rings.